The van der Waals surface area contributed by atoms with Crippen LogP contribution >= 0.6 is 23.2 Å². The van der Waals surface area contributed by atoms with Crippen LogP contribution in [0.25, 0.3) is 0 Å². The van der Waals surface area contributed by atoms with E-state index in [2.05, 4.69) is 15.1 Å². The van der Waals surface area contributed by atoms with Crippen molar-refractivity contribution in [2.24, 2.45) is 0 Å². The molecule has 0 aliphatic carbocycles. The normalized spacial score (nSPS) is 24.0. The first-order valence-corrected chi connectivity index (χ1v) is 8.13. The third-order valence-electron chi connectivity index (χ3n) is 4.28. The Morgan fingerprint density at radius 2 is 1.90 bits per heavy atom. The van der Waals surface area contributed by atoms with Gasteiger partial charge in [-0.05, 0) is 25.0 Å². The number of amides is 1. The molecule has 114 valence electrons. The highest BCUT2D eigenvalue weighted by Gasteiger charge is 2.31. The lowest BCUT2D eigenvalue weighted by Crippen LogP contribution is -2.56. The van der Waals surface area contributed by atoms with Crippen molar-refractivity contribution in [3.8, 4) is 0 Å². The molecule has 3 rings (SSSR count). The lowest BCUT2D eigenvalue weighted by molar-refractivity contribution is -0.128. The van der Waals surface area contributed by atoms with E-state index < -0.39 is 0 Å². The third kappa shape index (κ3) is 3.12. The monoisotopic (exact) mass is 327 g/mol. The van der Waals surface area contributed by atoms with E-state index in [1.807, 2.05) is 12.1 Å². The first-order chi connectivity index (χ1) is 10.2. The van der Waals surface area contributed by atoms with Crippen LogP contribution in [0.5, 0.6) is 0 Å². The van der Waals surface area contributed by atoms with Gasteiger partial charge in [-0.15, -0.1) is 0 Å². The number of piperazine rings is 1. The summed E-state index contributed by atoms with van der Waals surface area (Å²) in [5, 5.41) is 4.16. The van der Waals surface area contributed by atoms with Gasteiger partial charge < -0.3 is 10.2 Å². The molecule has 0 bridgehead atoms. The van der Waals surface area contributed by atoms with Gasteiger partial charge in [-0.2, -0.15) is 0 Å². The van der Waals surface area contributed by atoms with Gasteiger partial charge >= 0.3 is 0 Å². The third-order valence-corrected chi connectivity index (χ3v) is 5.09. The Hall–Kier alpha value is -0.970. The van der Waals surface area contributed by atoms with Crippen LogP contribution in [-0.2, 0) is 4.79 Å². The van der Waals surface area contributed by atoms with Gasteiger partial charge in [-0.3, -0.25) is 9.69 Å². The van der Waals surface area contributed by atoms with Crippen molar-refractivity contribution < 1.29 is 4.79 Å². The number of piperidine rings is 1. The quantitative estimate of drug-likeness (QED) is 0.906. The predicted octanol–water partition coefficient (Wildman–Crippen LogP) is 2.39. The smallest absolute Gasteiger partial charge is 0.237 e. The molecule has 0 saturated carbocycles. The molecule has 0 aromatic heterocycles. The molecular weight excluding hydrogens is 309 g/mol. The van der Waals surface area contributed by atoms with E-state index in [4.69, 9.17) is 23.2 Å². The number of hydrogen-bond donors (Lipinski definition) is 1. The number of anilines is 1. The molecule has 1 aromatic rings. The highest BCUT2D eigenvalue weighted by molar-refractivity contribution is 6.43. The number of rotatable bonds is 2. The van der Waals surface area contributed by atoms with Crippen molar-refractivity contribution in [3.05, 3.63) is 28.2 Å². The largest absolute Gasteiger partial charge is 0.368 e. The molecule has 2 saturated heterocycles. The summed E-state index contributed by atoms with van der Waals surface area (Å²) in [5.41, 5.74) is 0.983. The number of hydrogen-bond acceptors (Lipinski definition) is 3. The minimum Gasteiger partial charge on any atom is -0.368 e. The van der Waals surface area contributed by atoms with Gasteiger partial charge in [-0.1, -0.05) is 29.3 Å². The van der Waals surface area contributed by atoms with Gasteiger partial charge in [-0.25, -0.2) is 0 Å². The van der Waals surface area contributed by atoms with Crippen LogP contribution in [0.1, 0.15) is 12.8 Å². The molecular formula is C15H19Cl2N3O. The molecule has 1 N–H and O–H groups in total. The number of carbonyl (C=O) groups is 1. The van der Waals surface area contributed by atoms with Crippen molar-refractivity contribution in [1.29, 1.82) is 0 Å². The molecule has 6 heteroatoms. The number of halogens is 2. The van der Waals surface area contributed by atoms with E-state index in [1.165, 1.54) is 0 Å². The Labute approximate surface area is 135 Å². The van der Waals surface area contributed by atoms with E-state index in [1.54, 1.807) is 6.07 Å². The van der Waals surface area contributed by atoms with E-state index in [-0.39, 0.29) is 11.9 Å². The molecule has 21 heavy (non-hydrogen) atoms. The van der Waals surface area contributed by atoms with Crippen molar-refractivity contribution in [1.82, 2.24) is 10.2 Å². The van der Waals surface area contributed by atoms with Crippen LogP contribution in [-0.4, -0.2) is 49.6 Å². The molecule has 1 amide bonds. The van der Waals surface area contributed by atoms with Crippen LogP contribution in [0.15, 0.2) is 18.2 Å². The van der Waals surface area contributed by atoms with Crippen LogP contribution in [0.2, 0.25) is 10.0 Å². The Bertz CT molecular complexity index is 530. The molecule has 1 unspecified atom stereocenters. The fraction of sp³-hybridized carbons (Fsp3) is 0.533. The molecule has 2 aliphatic heterocycles. The van der Waals surface area contributed by atoms with Gasteiger partial charge in [0.05, 0.1) is 21.8 Å². The molecule has 2 fully saturated rings. The fourth-order valence-electron chi connectivity index (χ4n) is 3.12. The first-order valence-electron chi connectivity index (χ1n) is 7.37. The summed E-state index contributed by atoms with van der Waals surface area (Å²) < 4.78 is 0. The average molecular weight is 328 g/mol. The second-order valence-electron chi connectivity index (χ2n) is 5.55. The van der Waals surface area contributed by atoms with Crippen molar-refractivity contribution >= 4 is 34.8 Å². The molecule has 1 atom stereocenters. The molecule has 1 aromatic carbocycles. The molecule has 2 heterocycles. The maximum atomic E-state index is 11.9. The Kier molecular flexibility index (Phi) is 4.57. The summed E-state index contributed by atoms with van der Waals surface area (Å²) in [4.78, 5) is 16.5. The molecule has 0 radical (unpaired) electrons. The van der Waals surface area contributed by atoms with E-state index in [0.717, 1.165) is 51.3 Å². The summed E-state index contributed by atoms with van der Waals surface area (Å²) in [6.07, 6.45) is 2.03. The van der Waals surface area contributed by atoms with Gasteiger partial charge in [0.1, 0.15) is 0 Å². The topological polar surface area (TPSA) is 35.6 Å². The summed E-state index contributed by atoms with van der Waals surface area (Å²) in [6, 6.07) is 5.76. The predicted molar refractivity (Wildman–Crippen MR) is 86.3 cm³/mol. The zero-order valence-corrected chi connectivity index (χ0v) is 13.3. The van der Waals surface area contributed by atoms with Gasteiger partial charge in [0.2, 0.25) is 5.91 Å². The summed E-state index contributed by atoms with van der Waals surface area (Å²) in [6.45, 7) is 4.29. The highest BCUT2D eigenvalue weighted by Crippen LogP contribution is 2.33. The Morgan fingerprint density at radius 1 is 1.14 bits per heavy atom. The Morgan fingerprint density at radius 3 is 2.62 bits per heavy atom. The van der Waals surface area contributed by atoms with Crippen LogP contribution < -0.4 is 10.2 Å². The fourth-order valence-corrected chi connectivity index (χ4v) is 3.53. The maximum Gasteiger partial charge on any atom is 0.237 e. The Balaban J connectivity index is 1.65. The van der Waals surface area contributed by atoms with Gasteiger partial charge in [0, 0.05) is 32.7 Å². The standard InChI is InChI=1S/C15H19Cl2N3O/c16-11-3-1-4-12(14(11)17)19-7-9-20(10-8-19)13-5-2-6-18-15(13)21/h1,3-4,13H,2,5-10H2,(H,18,21). The molecule has 4 nitrogen and oxygen atoms in total. The minimum atomic E-state index is 0.0377. The number of nitrogens with zero attached hydrogens (tertiary/aromatic N) is 2. The van der Waals surface area contributed by atoms with Crippen LogP contribution in [0.4, 0.5) is 5.69 Å². The first kappa shape index (κ1) is 14.9. The summed E-state index contributed by atoms with van der Waals surface area (Å²) in [7, 11) is 0. The number of nitrogens with one attached hydrogen (secondary N) is 1. The number of benzene rings is 1. The minimum absolute atomic E-state index is 0.0377. The van der Waals surface area contributed by atoms with E-state index in [0.29, 0.717) is 10.0 Å². The zero-order valence-electron chi connectivity index (χ0n) is 11.8. The SMILES string of the molecule is O=C1NCCCC1N1CCN(c2cccc(Cl)c2Cl)CC1. The molecule has 2 aliphatic rings. The van der Waals surface area contributed by atoms with Crippen molar-refractivity contribution in [3.63, 3.8) is 0 Å². The van der Waals surface area contributed by atoms with E-state index in [9.17, 15) is 4.79 Å². The van der Waals surface area contributed by atoms with Crippen molar-refractivity contribution in [2.45, 2.75) is 18.9 Å². The van der Waals surface area contributed by atoms with Crippen LogP contribution in [0.3, 0.4) is 0 Å². The summed E-state index contributed by atoms with van der Waals surface area (Å²) in [5.74, 6) is 0.176. The second kappa shape index (κ2) is 6.42. The number of carbonyl (C=O) groups excluding carboxylic acids is 1. The average Bonchev–Trinajstić information content (AvgIpc) is 2.51. The lowest BCUT2D eigenvalue weighted by atomic mass is 10.0. The zero-order chi connectivity index (χ0) is 14.8. The highest BCUT2D eigenvalue weighted by atomic mass is 35.5. The molecule has 0 spiro atoms. The van der Waals surface area contributed by atoms with Crippen molar-refractivity contribution in [2.75, 3.05) is 37.6 Å². The van der Waals surface area contributed by atoms with E-state index >= 15 is 0 Å². The lowest BCUT2D eigenvalue weighted by Gasteiger charge is -2.41. The second-order valence-corrected chi connectivity index (χ2v) is 6.33. The van der Waals surface area contributed by atoms with Crippen LogP contribution in [0, 0.1) is 0 Å². The summed E-state index contributed by atoms with van der Waals surface area (Å²) >= 11 is 12.4. The van der Waals surface area contributed by atoms with Gasteiger partial charge in [0.25, 0.3) is 0 Å². The van der Waals surface area contributed by atoms with Gasteiger partial charge in [0.15, 0.2) is 0 Å². The maximum absolute atomic E-state index is 11.9.